The first-order valence-corrected chi connectivity index (χ1v) is 5.07. The van der Waals surface area contributed by atoms with Crippen LogP contribution >= 0.6 is 11.3 Å². The normalized spacial score (nSPS) is 11.6. The van der Waals surface area contributed by atoms with Gasteiger partial charge in [0.2, 0.25) is 0 Å². The fourth-order valence-corrected chi connectivity index (χ4v) is 1.70. The number of aromatic nitrogens is 3. The van der Waals surface area contributed by atoms with Crippen molar-refractivity contribution in [2.75, 3.05) is 0 Å². The average Bonchev–Trinajstić information content (AvgIpc) is 2.72. The van der Waals surface area contributed by atoms with Gasteiger partial charge in [-0.3, -0.25) is 15.0 Å². The van der Waals surface area contributed by atoms with E-state index in [1.165, 1.54) is 0 Å². The molecule has 4 heteroatoms. The molecule has 0 saturated heterocycles. The Kier molecular flexibility index (Phi) is 2.65. The van der Waals surface area contributed by atoms with Crippen molar-refractivity contribution in [3.05, 3.63) is 40.9 Å². The van der Waals surface area contributed by atoms with E-state index < -0.39 is 0 Å². The molecular formula is C10H9N3S. The van der Waals surface area contributed by atoms with E-state index in [0.29, 0.717) is 0 Å². The molecular weight excluding hydrogens is 194 g/mol. The SMILES string of the molecule is CC(=Cc1cncs1)c1cnccn1. The lowest BCUT2D eigenvalue weighted by molar-refractivity contribution is 1.17. The second kappa shape index (κ2) is 4.11. The zero-order valence-electron chi connectivity index (χ0n) is 7.71. The summed E-state index contributed by atoms with van der Waals surface area (Å²) in [4.78, 5) is 13.4. The lowest BCUT2D eigenvalue weighted by atomic mass is 10.2. The first-order valence-electron chi connectivity index (χ1n) is 4.19. The van der Waals surface area contributed by atoms with Crippen LogP contribution in [0, 0.1) is 0 Å². The van der Waals surface area contributed by atoms with Gasteiger partial charge in [0, 0.05) is 23.5 Å². The molecule has 0 saturated carbocycles. The maximum Gasteiger partial charge on any atom is 0.0842 e. The van der Waals surface area contributed by atoms with Gasteiger partial charge in [-0.25, -0.2) is 0 Å². The van der Waals surface area contributed by atoms with E-state index in [-0.39, 0.29) is 0 Å². The minimum atomic E-state index is 0.904. The van der Waals surface area contributed by atoms with Crippen LogP contribution in [0.15, 0.2) is 30.3 Å². The van der Waals surface area contributed by atoms with E-state index in [2.05, 4.69) is 21.0 Å². The Hall–Kier alpha value is -1.55. The molecule has 0 aliphatic carbocycles. The van der Waals surface area contributed by atoms with E-state index in [9.17, 15) is 0 Å². The second-order valence-electron chi connectivity index (χ2n) is 2.82. The minimum absolute atomic E-state index is 0.904. The molecule has 70 valence electrons. The summed E-state index contributed by atoms with van der Waals surface area (Å²) in [7, 11) is 0. The summed E-state index contributed by atoms with van der Waals surface area (Å²) < 4.78 is 0. The Balaban J connectivity index is 2.29. The van der Waals surface area contributed by atoms with Gasteiger partial charge in [0.25, 0.3) is 0 Å². The molecule has 0 aliphatic rings. The first-order chi connectivity index (χ1) is 6.86. The van der Waals surface area contributed by atoms with Crippen molar-refractivity contribution < 1.29 is 0 Å². The monoisotopic (exact) mass is 203 g/mol. The third kappa shape index (κ3) is 2.03. The molecule has 2 heterocycles. The summed E-state index contributed by atoms with van der Waals surface area (Å²) in [5, 5.41) is 0. The van der Waals surface area contributed by atoms with Crippen LogP contribution < -0.4 is 0 Å². The molecule has 0 radical (unpaired) electrons. The number of thiazole rings is 1. The van der Waals surface area contributed by atoms with Crippen molar-refractivity contribution in [1.29, 1.82) is 0 Å². The highest BCUT2D eigenvalue weighted by Crippen LogP contribution is 2.16. The van der Waals surface area contributed by atoms with E-state index in [1.54, 1.807) is 29.9 Å². The molecule has 0 aliphatic heterocycles. The molecule has 2 aromatic heterocycles. The van der Waals surface area contributed by atoms with Crippen molar-refractivity contribution in [1.82, 2.24) is 15.0 Å². The number of allylic oxidation sites excluding steroid dienone is 1. The van der Waals surface area contributed by atoms with Crippen LogP contribution in [0.1, 0.15) is 17.5 Å². The highest BCUT2D eigenvalue weighted by Gasteiger charge is 1.97. The van der Waals surface area contributed by atoms with E-state index >= 15 is 0 Å². The van der Waals surface area contributed by atoms with Gasteiger partial charge in [0.05, 0.1) is 17.4 Å². The van der Waals surface area contributed by atoms with Gasteiger partial charge < -0.3 is 0 Å². The molecule has 0 spiro atoms. The maximum atomic E-state index is 4.21. The van der Waals surface area contributed by atoms with Gasteiger partial charge in [-0.2, -0.15) is 0 Å². The van der Waals surface area contributed by atoms with Crippen LogP contribution in [-0.2, 0) is 0 Å². The topological polar surface area (TPSA) is 38.7 Å². The molecule has 14 heavy (non-hydrogen) atoms. The third-order valence-electron chi connectivity index (χ3n) is 1.78. The number of nitrogens with zero attached hydrogens (tertiary/aromatic N) is 3. The van der Waals surface area contributed by atoms with Gasteiger partial charge in [-0.15, -0.1) is 11.3 Å². The fourth-order valence-electron chi connectivity index (χ4n) is 1.09. The van der Waals surface area contributed by atoms with Crippen LogP contribution in [0.4, 0.5) is 0 Å². The standard InChI is InChI=1S/C10H9N3S/c1-8(4-9-5-12-7-14-9)10-6-11-2-3-13-10/h2-7H,1H3. The first kappa shape index (κ1) is 9.02. The van der Waals surface area contributed by atoms with Gasteiger partial charge >= 0.3 is 0 Å². The van der Waals surface area contributed by atoms with Gasteiger partial charge in [-0.05, 0) is 18.6 Å². The average molecular weight is 203 g/mol. The van der Waals surface area contributed by atoms with E-state index in [1.807, 2.05) is 18.6 Å². The van der Waals surface area contributed by atoms with Gasteiger partial charge in [0.1, 0.15) is 0 Å². The summed E-state index contributed by atoms with van der Waals surface area (Å²) in [6, 6.07) is 0. The summed E-state index contributed by atoms with van der Waals surface area (Å²) in [6.45, 7) is 2.02. The molecule has 0 amide bonds. The number of hydrogen-bond acceptors (Lipinski definition) is 4. The molecule has 0 N–H and O–H groups in total. The highest BCUT2D eigenvalue weighted by atomic mass is 32.1. The Bertz CT molecular complexity index is 420. The zero-order valence-corrected chi connectivity index (χ0v) is 8.53. The minimum Gasteiger partial charge on any atom is -0.261 e. The third-order valence-corrected chi connectivity index (χ3v) is 2.50. The highest BCUT2D eigenvalue weighted by molar-refractivity contribution is 7.10. The number of rotatable bonds is 2. The van der Waals surface area contributed by atoms with Crippen LogP contribution in [-0.4, -0.2) is 15.0 Å². The summed E-state index contributed by atoms with van der Waals surface area (Å²) in [6.07, 6.45) is 9.02. The van der Waals surface area contributed by atoms with Crippen LogP contribution in [0.2, 0.25) is 0 Å². The summed E-state index contributed by atoms with van der Waals surface area (Å²) in [5.74, 6) is 0. The molecule has 0 atom stereocenters. The Morgan fingerprint density at radius 2 is 2.21 bits per heavy atom. The molecule has 0 bridgehead atoms. The molecule has 2 rings (SSSR count). The Morgan fingerprint density at radius 3 is 2.86 bits per heavy atom. The Labute approximate surface area is 86.2 Å². The molecule has 0 unspecified atom stereocenters. The largest absolute Gasteiger partial charge is 0.261 e. The van der Waals surface area contributed by atoms with Crippen LogP contribution in [0.25, 0.3) is 11.6 Å². The van der Waals surface area contributed by atoms with E-state index in [0.717, 1.165) is 16.1 Å². The summed E-state index contributed by atoms with van der Waals surface area (Å²) >= 11 is 1.61. The van der Waals surface area contributed by atoms with E-state index in [4.69, 9.17) is 0 Å². The smallest absolute Gasteiger partial charge is 0.0842 e. The van der Waals surface area contributed by atoms with Crippen molar-refractivity contribution in [3.8, 4) is 0 Å². The summed E-state index contributed by atoms with van der Waals surface area (Å²) in [5.41, 5.74) is 3.82. The van der Waals surface area contributed by atoms with Gasteiger partial charge in [0.15, 0.2) is 0 Å². The van der Waals surface area contributed by atoms with Crippen molar-refractivity contribution in [2.24, 2.45) is 0 Å². The number of hydrogen-bond donors (Lipinski definition) is 0. The van der Waals surface area contributed by atoms with Crippen molar-refractivity contribution in [3.63, 3.8) is 0 Å². The van der Waals surface area contributed by atoms with Crippen molar-refractivity contribution >= 4 is 23.0 Å². The molecule has 3 nitrogen and oxygen atoms in total. The Morgan fingerprint density at radius 1 is 1.29 bits per heavy atom. The maximum absolute atomic E-state index is 4.21. The van der Waals surface area contributed by atoms with Crippen LogP contribution in [0.3, 0.4) is 0 Å². The molecule has 0 fully saturated rings. The predicted molar refractivity (Wildman–Crippen MR) is 57.7 cm³/mol. The van der Waals surface area contributed by atoms with Gasteiger partial charge in [-0.1, -0.05) is 0 Å². The second-order valence-corrected chi connectivity index (χ2v) is 3.74. The van der Waals surface area contributed by atoms with Crippen LogP contribution in [0.5, 0.6) is 0 Å². The molecule has 0 aromatic carbocycles. The lowest BCUT2D eigenvalue weighted by Crippen LogP contribution is -1.85. The quantitative estimate of drug-likeness (QED) is 0.752. The fraction of sp³-hybridized carbons (Fsp3) is 0.100. The zero-order chi connectivity index (χ0) is 9.80. The van der Waals surface area contributed by atoms with Crippen molar-refractivity contribution in [2.45, 2.75) is 6.92 Å². The lowest BCUT2D eigenvalue weighted by Gasteiger charge is -1.97. The predicted octanol–water partition coefficient (Wildman–Crippen LogP) is 2.49. The molecule has 2 aromatic rings.